The summed E-state index contributed by atoms with van der Waals surface area (Å²) in [6.45, 7) is 1.42. The van der Waals surface area contributed by atoms with Crippen LogP contribution in [0.4, 0.5) is 0 Å². The molecule has 0 spiro atoms. The quantitative estimate of drug-likeness (QED) is 0.574. The zero-order chi connectivity index (χ0) is 13.5. The molecule has 5 heteroatoms. The average molecular weight is 249 g/mol. The lowest BCUT2D eigenvalue weighted by Gasteiger charge is -2.00. The molecular weight excluding hydrogens is 234 g/mol. The fourth-order valence-corrected chi connectivity index (χ4v) is 1.41. The molecule has 1 aromatic carbocycles. The number of nitro groups is 1. The van der Waals surface area contributed by atoms with Crippen molar-refractivity contribution in [2.24, 2.45) is 0 Å². The van der Waals surface area contributed by atoms with Crippen LogP contribution >= 0.6 is 0 Å². The molecule has 0 radical (unpaired) electrons. The third-order valence-corrected chi connectivity index (χ3v) is 2.42. The Bertz CT molecular complexity index is 462. The molecule has 0 aliphatic heterocycles. The van der Waals surface area contributed by atoms with Gasteiger partial charge < -0.3 is 9.53 Å². The van der Waals surface area contributed by atoms with Crippen LogP contribution in [0.15, 0.2) is 30.0 Å². The van der Waals surface area contributed by atoms with Gasteiger partial charge in [0.05, 0.1) is 12.0 Å². The predicted molar refractivity (Wildman–Crippen MR) is 67.9 cm³/mol. The maximum absolute atomic E-state index is 10.8. The summed E-state index contributed by atoms with van der Waals surface area (Å²) in [5.74, 6) is 0.635. The van der Waals surface area contributed by atoms with E-state index in [1.54, 1.807) is 31.4 Å². The Morgan fingerprint density at radius 1 is 1.33 bits per heavy atom. The Labute approximate surface area is 105 Å². The first-order valence-corrected chi connectivity index (χ1v) is 5.51. The van der Waals surface area contributed by atoms with Gasteiger partial charge in [-0.1, -0.05) is 12.1 Å². The van der Waals surface area contributed by atoms with Crippen LogP contribution in [0.1, 0.15) is 25.3 Å². The van der Waals surface area contributed by atoms with E-state index < -0.39 is 4.92 Å². The monoisotopic (exact) mass is 249 g/mol. The Morgan fingerprint density at radius 3 is 2.39 bits per heavy atom. The van der Waals surface area contributed by atoms with E-state index in [0.29, 0.717) is 11.3 Å². The highest BCUT2D eigenvalue weighted by Crippen LogP contribution is 2.16. The molecule has 18 heavy (non-hydrogen) atoms. The minimum absolute atomic E-state index is 0.0374. The van der Waals surface area contributed by atoms with Gasteiger partial charge in [0.15, 0.2) is 0 Å². The molecule has 0 amide bonds. The van der Waals surface area contributed by atoms with E-state index in [2.05, 4.69) is 0 Å². The molecule has 0 N–H and O–H groups in total. The van der Waals surface area contributed by atoms with Crippen LogP contribution in [0.5, 0.6) is 5.75 Å². The molecule has 0 heterocycles. The zero-order valence-corrected chi connectivity index (χ0v) is 10.4. The molecule has 1 aromatic rings. The summed E-state index contributed by atoms with van der Waals surface area (Å²) in [5, 5.41) is 10.8. The number of hydrogen-bond acceptors (Lipinski definition) is 4. The molecule has 0 saturated heterocycles. The lowest BCUT2D eigenvalue weighted by Crippen LogP contribution is -2.01. The number of hydrogen-bond donors (Lipinski definition) is 0. The van der Waals surface area contributed by atoms with Crippen LogP contribution in [-0.4, -0.2) is 17.8 Å². The summed E-state index contributed by atoms with van der Waals surface area (Å²) in [6, 6.07) is 6.93. The van der Waals surface area contributed by atoms with Gasteiger partial charge in [0.25, 0.3) is 0 Å². The van der Waals surface area contributed by atoms with Crippen LogP contribution in [0.25, 0.3) is 6.08 Å². The van der Waals surface area contributed by atoms with Crippen LogP contribution in [0.2, 0.25) is 0 Å². The van der Waals surface area contributed by atoms with Gasteiger partial charge in [-0.05, 0) is 24.6 Å². The second-order valence-electron chi connectivity index (χ2n) is 3.87. The van der Waals surface area contributed by atoms with Gasteiger partial charge in [-0.3, -0.25) is 10.1 Å². The molecule has 5 nitrogen and oxygen atoms in total. The minimum atomic E-state index is -0.451. The third kappa shape index (κ3) is 4.37. The Balaban J connectivity index is 2.86. The van der Waals surface area contributed by atoms with Crippen LogP contribution in [0.3, 0.4) is 0 Å². The van der Waals surface area contributed by atoms with Crippen molar-refractivity contribution in [2.45, 2.75) is 19.8 Å². The maximum atomic E-state index is 10.8. The minimum Gasteiger partial charge on any atom is -0.497 e. The molecule has 0 bridgehead atoms. The van der Waals surface area contributed by atoms with E-state index in [4.69, 9.17) is 4.74 Å². The van der Waals surface area contributed by atoms with E-state index in [9.17, 15) is 14.9 Å². The highest BCUT2D eigenvalue weighted by molar-refractivity contribution is 5.75. The van der Waals surface area contributed by atoms with Crippen molar-refractivity contribution >= 4 is 11.9 Å². The first-order valence-electron chi connectivity index (χ1n) is 5.51. The number of carbonyl (C=O) groups is 1. The topological polar surface area (TPSA) is 69.4 Å². The first-order chi connectivity index (χ1) is 8.52. The molecule has 96 valence electrons. The second-order valence-corrected chi connectivity index (χ2v) is 3.87. The van der Waals surface area contributed by atoms with Gasteiger partial charge >= 0.3 is 0 Å². The maximum Gasteiger partial charge on any atom is 0.247 e. The lowest BCUT2D eigenvalue weighted by molar-refractivity contribution is -0.426. The fourth-order valence-electron chi connectivity index (χ4n) is 1.41. The smallest absolute Gasteiger partial charge is 0.247 e. The third-order valence-electron chi connectivity index (χ3n) is 2.42. The van der Waals surface area contributed by atoms with Crippen molar-refractivity contribution in [3.05, 3.63) is 45.6 Å². The van der Waals surface area contributed by atoms with Gasteiger partial charge in [-0.15, -0.1) is 0 Å². The number of methoxy groups -OCH3 is 1. The van der Waals surface area contributed by atoms with E-state index in [1.165, 1.54) is 13.0 Å². The highest BCUT2D eigenvalue weighted by atomic mass is 16.6. The number of ether oxygens (including phenoxy) is 1. The Morgan fingerprint density at radius 2 is 1.94 bits per heavy atom. The Kier molecular flexibility index (Phi) is 5.05. The van der Waals surface area contributed by atoms with Gasteiger partial charge in [-0.2, -0.15) is 0 Å². The van der Waals surface area contributed by atoms with Crippen molar-refractivity contribution in [3.63, 3.8) is 0 Å². The van der Waals surface area contributed by atoms with Crippen LogP contribution in [0, 0.1) is 10.1 Å². The summed E-state index contributed by atoms with van der Waals surface area (Å²) in [7, 11) is 1.56. The first kappa shape index (κ1) is 13.9. The normalized spacial score (nSPS) is 11.1. The molecular formula is C13H15NO4. The number of carbonyl (C=O) groups excluding carboxylic acids is 1. The second kappa shape index (κ2) is 6.54. The number of nitrogens with zero attached hydrogens (tertiary/aromatic N) is 1. The van der Waals surface area contributed by atoms with Gasteiger partial charge in [0.1, 0.15) is 11.5 Å². The van der Waals surface area contributed by atoms with Gasteiger partial charge in [-0.25, -0.2) is 0 Å². The number of benzene rings is 1. The molecule has 1 rings (SSSR count). The summed E-state index contributed by atoms with van der Waals surface area (Å²) in [4.78, 5) is 21.2. The summed E-state index contributed by atoms with van der Waals surface area (Å²) in [6.07, 6.45) is 1.81. The van der Waals surface area contributed by atoms with Crippen molar-refractivity contribution < 1.29 is 14.5 Å². The van der Waals surface area contributed by atoms with Crippen LogP contribution in [-0.2, 0) is 4.79 Å². The summed E-state index contributed by atoms with van der Waals surface area (Å²) in [5.41, 5.74) is 0.751. The number of rotatable bonds is 6. The predicted octanol–water partition coefficient (Wildman–Crippen LogP) is 2.68. The number of ketones is 1. The lowest BCUT2D eigenvalue weighted by atomic mass is 10.1. The fraction of sp³-hybridized carbons (Fsp3) is 0.308. The van der Waals surface area contributed by atoms with E-state index in [-0.39, 0.29) is 24.3 Å². The van der Waals surface area contributed by atoms with Crippen LogP contribution < -0.4 is 4.74 Å². The largest absolute Gasteiger partial charge is 0.497 e. The number of allylic oxidation sites excluding steroid dienone is 1. The molecule has 0 unspecified atom stereocenters. The average Bonchev–Trinajstić information content (AvgIpc) is 2.34. The zero-order valence-electron chi connectivity index (χ0n) is 10.4. The van der Waals surface area contributed by atoms with Crippen molar-refractivity contribution in [3.8, 4) is 5.75 Å². The summed E-state index contributed by atoms with van der Waals surface area (Å²) >= 11 is 0. The van der Waals surface area contributed by atoms with E-state index in [0.717, 1.165) is 0 Å². The van der Waals surface area contributed by atoms with E-state index >= 15 is 0 Å². The Hall–Kier alpha value is -2.17. The van der Waals surface area contributed by atoms with E-state index in [1.807, 2.05) is 0 Å². The molecule has 0 fully saturated rings. The van der Waals surface area contributed by atoms with Gasteiger partial charge in [0, 0.05) is 18.9 Å². The molecule has 0 saturated carbocycles. The summed E-state index contributed by atoms with van der Waals surface area (Å²) < 4.78 is 5.00. The van der Waals surface area contributed by atoms with Crippen molar-refractivity contribution in [1.82, 2.24) is 0 Å². The van der Waals surface area contributed by atoms with Gasteiger partial charge in [0.2, 0.25) is 5.70 Å². The molecule has 0 aliphatic carbocycles. The molecule has 0 aromatic heterocycles. The SMILES string of the molecule is COc1ccc(/C=C(/CCC(C)=O)[N+](=O)[O-])cc1. The molecule has 0 atom stereocenters. The highest BCUT2D eigenvalue weighted by Gasteiger charge is 2.11. The number of Topliss-reactive ketones (excluding diaryl/α,β-unsaturated/α-hetero) is 1. The molecule has 0 aliphatic rings. The van der Waals surface area contributed by atoms with Crippen molar-refractivity contribution in [2.75, 3.05) is 7.11 Å². The van der Waals surface area contributed by atoms with Crippen molar-refractivity contribution in [1.29, 1.82) is 0 Å². The standard InChI is InChI=1S/C13H15NO4/c1-10(15)3-6-12(14(16)17)9-11-4-7-13(18-2)8-5-11/h4-5,7-9H,3,6H2,1-2H3/b12-9-.